The number of benzene rings is 3. The third-order valence-corrected chi connectivity index (χ3v) is 7.45. The number of carbonyl (C=O) groups excluding carboxylic acids is 2. The summed E-state index contributed by atoms with van der Waals surface area (Å²) in [7, 11) is 0. The molecule has 11 nitrogen and oxygen atoms in total. The van der Waals surface area contributed by atoms with E-state index in [4.69, 9.17) is 33.3 Å². The molecule has 4 atom stereocenters. The Bertz CT molecular complexity index is 1420. The molecule has 1 saturated heterocycles. The molecule has 5 rings (SSSR count). The van der Waals surface area contributed by atoms with Crippen LogP contribution in [0.25, 0.3) is 0 Å². The molecule has 0 bridgehead atoms. The van der Waals surface area contributed by atoms with Gasteiger partial charge in [0.15, 0.2) is 12.2 Å². The topological polar surface area (TPSA) is 125 Å². The quantitative estimate of drug-likeness (QED) is 0.149. The second-order valence-electron chi connectivity index (χ2n) is 10.5. The fourth-order valence-electron chi connectivity index (χ4n) is 5.32. The van der Waals surface area contributed by atoms with Crippen LogP contribution in [0.3, 0.4) is 0 Å². The molecule has 2 aliphatic rings. The minimum atomic E-state index is -2.56. The van der Waals surface area contributed by atoms with E-state index in [1.54, 1.807) is 13.8 Å². The molecule has 0 N–H and O–H groups in total. The average Bonchev–Trinajstić information content (AvgIpc) is 3.37. The summed E-state index contributed by atoms with van der Waals surface area (Å²) in [5.41, 5.74) is -0.0619. The molecule has 0 spiro atoms. The highest BCUT2D eigenvalue weighted by Gasteiger charge is 2.71. The van der Waals surface area contributed by atoms with Gasteiger partial charge in [-0.15, -0.1) is 0 Å². The summed E-state index contributed by atoms with van der Waals surface area (Å²) in [6.45, 7) is 3.48. The Labute approximate surface area is 261 Å². The molecule has 0 unspecified atom stereocenters. The number of rotatable bonds is 14. The van der Waals surface area contributed by atoms with Crippen LogP contribution in [0.1, 0.15) is 30.5 Å². The number of esters is 2. The van der Waals surface area contributed by atoms with Crippen LogP contribution in [0.4, 0.5) is 0 Å². The van der Waals surface area contributed by atoms with E-state index in [1.807, 2.05) is 91.0 Å². The Morgan fingerprint density at radius 1 is 0.756 bits per heavy atom. The van der Waals surface area contributed by atoms with E-state index >= 15 is 0 Å². The van der Waals surface area contributed by atoms with Gasteiger partial charge in [-0.1, -0.05) is 91.0 Å². The predicted octanol–water partition coefficient (Wildman–Crippen LogP) is 3.90. The van der Waals surface area contributed by atoms with Crippen molar-refractivity contribution in [2.75, 3.05) is 19.8 Å². The summed E-state index contributed by atoms with van der Waals surface area (Å²) in [6.07, 6.45) is -4.47. The Morgan fingerprint density at radius 3 is 1.76 bits per heavy atom. The molecule has 1 fully saturated rings. The van der Waals surface area contributed by atoms with Crippen molar-refractivity contribution in [2.24, 2.45) is 0 Å². The molecular weight excluding hydrogens is 582 g/mol. The molecule has 0 aromatic heterocycles. The monoisotopic (exact) mass is 619 g/mol. The minimum Gasteiger partial charge on any atom is -0.464 e. The molecule has 0 amide bonds. The van der Waals surface area contributed by atoms with Gasteiger partial charge in [0.25, 0.3) is 5.71 Å². The molecule has 2 heterocycles. The normalized spacial score (nSPS) is 21.9. The van der Waals surface area contributed by atoms with Crippen LogP contribution in [0.5, 0.6) is 0 Å². The predicted molar refractivity (Wildman–Crippen MR) is 161 cm³/mol. The third kappa shape index (κ3) is 7.18. The van der Waals surface area contributed by atoms with Crippen LogP contribution in [0.15, 0.2) is 91.0 Å². The maximum Gasteiger partial charge on any atom is 0.343 e. The Balaban J connectivity index is 1.52. The SMILES string of the molecule is CCOC(=O)C1(C(=O)OCC)O[N+]([O-])=C2[C@@H](OCc3ccccc3)[C@@H](OCc3ccccc3)[C@@H](COCc3ccccc3)O[C@@H]21. The summed E-state index contributed by atoms with van der Waals surface area (Å²) in [6, 6.07) is 28.4. The standard InChI is InChI=1S/C34H37NO10/c1-3-40-32(36)34(33(37)41-4-2)31-28(35(38)45-34)30(43-22-26-18-12-7-13-19-26)29(42-21-25-16-10-6-11-17-25)27(44-31)23-39-20-24-14-8-5-9-15-24/h5-19,27,29-31H,3-4,20-23H2,1-2H3/t27-,29+,30-,31+/m1/s1. The summed E-state index contributed by atoms with van der Waals surface area (Å²) in [4.78, 5) is 32.6. The maximum absolute atomic E-state index is 13.6. The lowest BCUT2D eigenvalue weighted by Gasteiger charge is -2.40. The largest absolute Gasteiger partial charge is 0.464 e. The van der Waals surface area contributed by atoms with E-state index in [1.165, 1.54) is 0 Å². The second-order valence-corrected chi connectivity index (χ2v) is 10.5. The molecule has 0 radical (unpaired) electrons. The third-order valence-electron chi connectivity index (χ3n) is 7.45. The number of nitrogens with zero attached hydrogens (tertiary/aromatic N) is 1. The molecule has 3 aromatic carbocycles. The lowest BCUT2D eigenvalue weighted by atomic mass is 9.85. The van der Waals surface area contributed by atoms with Gasteiger partial charge in [-0.25, -0.2) is 9.59 Å². The number of carbonyl (C=O) groups is 2. The summed E-state index contributed by atoms with van der Waals surface area (Å²) < 4.78 is 35.8. The summed E-state index contributed by atoms with van der Waals surface area (Å²) in [5.74, 6) is -2.22. The zero-order valence-electron chi connectivity index (χ0n) is 25.2. The fraction of sp³-hybridized carbons (Fsp3) is 0.382. The maximum atomic E-state index is 13.6. The number of hydrogen-bond acceptors (Lipinski definition) is 10. The highest BCUT2D eigenvalue weighted by atomic mass is 16.9. The lowest BCUT2D eigenvalue weighted by molar-refractivity contribution is -0.745. The Kier molecular flexibility index (Phi) is 10.8. The van der Waals surface area contributed by atoms with Crippen molar-refractivity contribution >= 4 is 17.7 Å². The van der Waals surface area contributed by atoms with Crippen molar-refractivity contribution in [1.82, 2.24) is 0 Å². The second kappa shape index (κ2) is 15.1. The van der Waals surface area contributed by atoms with Gasteiger partial charge in [0.1, 0.15) is 12.2 Å². The first kappa shape index (κ1) is 32.1. The van der Waals surface area contributed by atoms with Gasteiger partial charge < -0.3 is 33.3 Å². The van der Waals surface area contributed by atoms with Gasteiger partial charge >= 0.3 is 17.5 Å². The van der Waals surface area contributed by atoms with Gasteiger partial charge in [-0.2, -0.15) is 0 Å². The highest BCUT2D eigenvalue weighted by Crippen LogP contribution is 2.38. The van der Waals surface area contributed by atoms with Gasteiger partial charge in [0.05, 0.1) is 39.6 Å². The van der Waals surface area contributed by atoms with Crippen molar-refractivity contribution in [2.45, 2.75) is 63.7 Å². The fourth-order valence-corrected chi connectivity index (χ4v) is 5.32. The molecule has 2 aliphatic heterocycles. The van der Waals surface area contributed by atoms with Crippen molar-refractivity contribution < 1.29 is 47.7 Å². The Hall–Kier alpha value is -4.29. The number of ether oxygens (including phenoxy) is 6. The zero-order valence-corrected chi connectivity index (χ0v) is 25.2. The zero-order chi connectivity index (χ0) is 31.6. The summed E-state index contributed by atoms with van der Waals surface area (Å²) >= 11 is 0. The molecule has 0 aliphatic carbocycles. The van der Waals surface area contributed by atoms with Gasteiger partial charge in [0.2, 0.25) is 0 Å². The van der Waals surface area contributed by atoms with Crippen molar-refractivity contribution in [3.05, 3.63) is 113 Å². The minimum absolute atomic E-state index is 0.0239. The van der Waals surface area contributed by atoms with Gasteiger partial charge in [-0.3, -0.25) is 5.21 Å². The van der Waals surface area contributed by atoms with E-state index in [0.717, 1.165) is 16.7 Å². The van der Waals surface area contributed by atoms with E-state index in [0.29, 0.717) is 0 Å². The first-order valence-electron chi connectivity index (χ1n) is 14.9. The average molecular weight is 620 g/mol. The number of fused-ring (bicyclic) bond motifs is 1. The molecular formula is C34H37NO10. The highest BCUT2D eigenvalue weighted by molar-refractivity contribution is 6.11. The first-order chi connectivity index (χ1) is 22.0. The lowest BCUT2D eigenvalue weighted by Crippen LogP contribution is -2.67. The number of hydrogen-bond donors (Lipinski definition) is 0. The van der Waals surface area contributed by atoms with E-state index in [2.05, 4.69) is 0 Å². The Morgan fingerprint density at radius 2 is 1.24 bits per heavy atom. The van der Waals surface area contributed by atoms with E-state index < -0.39 is 42.0 Å². The van der Waals surface area contributed by atoms with Crippen LogP contribution >= 0.6 is 0 Å². The van der Waals surface area contributed by atoms with Crippen LogP contribution < -0.4 is 0 Å². The van der Waals surface area contributed by atoms with Crippen molar-refractivity contribution in [3.63, 3.8) is 0 Å². The van der Waals surface area contributed by atoms with Gasteiger partial charge in [0, 0.05) is 4.90 Å². The molecule has 45 heavy (non-hydrogen) atoms. The summed E-state index contributed by atoms with van der Waals surface area (Å²) in [5, 5.41) is 13.6. The van der Waals surface area contributed by atoms with E-state index in [-0.39, 0.29) is 50.3 Å². The van der Waals surface area contributed by atoms with Crippen LogP contribution in [-0.4, -0.2) is 72.4 Å². The smallest absolute Gasteiger partial charge is 0.343 e. The molecule has 0 saturated carbocycles. The van der Waals surface area contributed by atoms with E-state index in [9.17, 15) is 14.8 Å². The van der Waals surface area contributed by atoms with Crippen LogP contribution in [0.2, 0.25) is 0 Å². The molecule has 11 heteroatoms. The first-order valence-corrected chi connectivity index (χ1v) is 14.9. The van der Waals surface area contributed by atoms with Gasteiger partial charge in [-0.05, 0) is 30.5 Å². The van der Waals surface area contributed by atoms with Crippen molar-refractivity contribution in [1.29, 1.82) is 0 Å². The van der Waals surface area contributed by atoms with Crippen LogP contribution in [-0.2, 0) is 62.7 Å². The van der Waals surface area contributed by atoms with Crippen molar-refractivity contribution in [3.8, 4) is 0 Å². The van der Waals surface area contributed by atoms with Crippen LogP contribution in [0, 0.1) is 5.21 Å². The molecule has 238 valence electrons. The molecule has 3 aromatic rings.